The van der Waals surface area contributed by atoms with Crippen LogP contribution in [-0.4, -0.2) is 29.8 Å². The van der Waals surface area contributed by atoms with Crippen LogP contribution in [0.1, 0.15) is 31.2 Å². The van der Waals surface area contributed by atoms with Gasteiger partial charge in [-0.05, 0) is 37.1 Å². The Bertz CT molecular complexity index is 925. The highest BCUT2D eigenvalue weighted by atomic mass is 16.5. The number of hydrogen-bond donors (Lipinski definition) is 1. The van der Waals surface area contributed by atoms with Crippen molar-refractivity contribution in [3.8, 4) is 22.9 Å². The van der Waals surface area contributed by atoms with Crippen molar-refractivity contribution in [1.82, 2.24) is 15.5 Å². The van der Waals surface area contributed by atoms with Gasteiger partial charge in [-0.3, -0.25) is 4.79 Å². The van der Waals surface area contributed by atoms with Crippen molar-refractivity contribution in [3.05, 3.63) is 60.0 Å². The molecule has 1 N–H and O–H groups in total. The Morgan fingerprint density at radius 3 is 2.72 bits per heavy atom. The van der Waals surface area contributed by atoms with Gasteiger partial charge < -0.3 is 19.3 Å². The number of nitrogens with one attached hydrogen (secondary N) is 1. The molecule has 1 aromatic heterocycles. The van der Waals surface area contributed by atoms with Crippen molar-refractivity contribution in [1.29, 1.82) is 0 Å². The molecular weight excluding hydrogens is 370 g/mol. The molecule has 3 rings (SSSR count). The summed E-state index contributed by atoms with van der Waals surface area (Å²) in [5, 5.41) is 6.94. The summed E-state index contributed by atoms with van der Waals surface area (Å²) >= 11 is 0. The largest absolute Gasteiger partial charge is 0.493 e. The molecule has 29 heavy (non-hydrogen) atoms. The number of carbonyl (C=O) groups excluding carboxylic acids is 1. The Morgan fingerprint density at radius 2 is 1.97 bits per heavy atom. The summed E-state index contributed by atoms with van der Waals surface area (Å²) in [6.07, 6.45) is 1.58. The normalized spacial score (nSPS) is 10.6. The molecule has 0 saturated carbocycles. The van der Waals surface area contributed by atoms with E-state index in [1.54, 1.807) is 7.11 Å². The molecule has 1 heterocycles. The number of aryl methyl sites for hydroxylation is 1. The number of hydrogen-bond acceptors (Lipinski definition) is 6. The molecule has 152 valence electrons. The number of ether oxygens (including phenoxy) is 2. The lowest BCUT2D eigenvalue weighted by molar-refractivity contribution is -0.121. The van der Waals surface area contributed by atoms with Crippen molar-refractivity contribution in [2.75, 3.05) is 13.7 Å². The first kappa shape index (κ1) is 20.4. The fraction of sp³-hybridized carbons (Fsp3) is 0.318. The van der Waals surface area contributed by atoms with E-state index in [4.69, 9.17) is 14.0 Å². The van der Waals surface area contributed by atoms with Crippen LogP contribution >= 0.6 is 0 Å². The Balaban J connectivity index is 1.49. The monoisotopic (exact) mass is 395 g/mol. The molecule has 1 amide bonds. The summed E-state index contributed by atoms with van der Waals surface area (Å²) in [6, 6.07) is 15.3. The number of methoxy groups -OCH3 is 1. The van der Waals surface area contributed by atoms with Crippen molar-refractivity contribution in [3.63, 3.8) is 0 Å². The van der Waals surface area contributed by atoms with Crippen LogP contribution in [-0.2, 0) is 17.8 Å². The number of amides is 1. The highest BCUT2D eigenvalue weighted by Gasteiger charge is 2.13. The average molecular weight is 395 g/mol. The standard InChI is InChI=1S/C22H25N3O4/c1-3-28-18-13-12-17(14-19(18)27-2)22-24-21(29-25-22)11-7-10-20(26)23-15-16-8-5-4-6-9-16/h4-6,8-9,12-14H,3,7,10-11,15H2,1-2H3,(H,23,26). The van der Waals surface area contributed by atoms with E-state index < -0.39 is 0 Å². The molecule has 7 heteroatoms. The lowest BCUT2D eigenvalue weighted by Crippen LogP contribution is -2.22. The molecule has 0 spiro atoms. The summed E-state index contributed by atoms with van der Waals surface area (Å²) in [5.41, 5.74) is 1.86. The van der Waals surface area contributed by atoms with E-state index >= 15 is 0 Å². The number of benzene rings is 2. The molecule has 0 aliphatic heterocycles. The fourth-order valence-corrected chi connectivity index (χ4v) is 2.84. The van der Waals surface area contributed by atoms with E-state index in [2.05, 4.69) is 15.5 Å². The van der Waals surface area contributed by atoms with Gasteiger partial charge in [-0.15, -0.1) is 0 Å². The van der Waals surface area contributed by atoms with E-state index in [-0.39, 0.29) is 5.91 Å². The molecule has 0 fully saturated rings. The van der Waals surface area contributed by atoms with Gasteiger partial charge >= 0.3 is 0 Å². The Hall–Kier alpha value is -3.35. The van der Waals surface area contributed by atoms with Gasteiger partial charge in [-0.2, -0.15) is 4.98 Å². The number of rotatable bonds is 10. The molecule has 0 aliphatic carbocycles. The first-order valence-corrected chi connectivity index (χ1v) is 9.64. The first-order valence-electron chi connectivity index (χ1n) is 9.64. The number of aromatic nitrogens is 2. The van der Waals surface area contributed by atoms with Crippen LogP contribution in [0.3, 0.4) is 0 Å². The minimum atomic E-state index is 0.00448. The van der Waals surface area contributed by atoms with E-state index in [0.717, 1.165) is 11.1 Å². The zero-order chi connectivity index (χ0) is 20.5. The maximum Gasteiger partial charge on any atom is 0.226 e. The summed E-state index contributed by atoms with van der Waals surface area (Å²) in [5.74, 6) is 2.28. The summed E-state index contributed by atoms with van der Waals surface area (Å²) in [6.45, 7) is 3.01. The van der Waals surface area contributed by atoms with Crippen molar-refractivity contribution < 1.29 is 18.8 Å². The van der Waals surface area contributed by atoms with Crippen molar-refractivity contribution in [2.24, 2.45) is 0 Å². The quantitative estimate of drug-likeness (QED) is 0.562. The van der Waals surface area contributed by atoms with Gasteiger partial charge in [-0.25, -0.2) is 0 Å². The predicted molar refractivity (Wildman–Crippen MR) is 109 cm³/mol. The van der Waals surface area contributed by atoms with Crippen LogP contribution in [0.4, 0.5) is 0 Å². The molecule has 0 aliphatic rings. The lowest BCUT2D eigenvalue weighted by Gasteiger charge is -2.09. The van der Waals surface area contributed by atoms with E-state index in [9.17, 15) is 4.79 Å². The van der Waals surface area contributed by atoms with Crippen LogP contribution in [0.15, 0.2) is 53.1 Å². The van der Waals surface area contributed by atoms with E-state index in [0.29, 0.717) is 55.6 Å². The number of carbonyl (C=O) groups is 1. The molecule has 3 aromatic rings. The Kier molecular flexibility index (Phi) is 7.22. The van der Waals surface area contributed by atoms with Gasteiger partial charge in [0.2, 0.25) is 17.6 Å². The molecule has 0 bridgehead atoms. The van der Waals surface area contributed by atoms with Crippen LogP contribution in [0.5, 0.6) is 11.5 Å². The SMILES string of the molecule is CCOc1ccc(-c2noc(CCCC(=O)NCc3ccccc3)n2)cc1OC. The van der Waals surface area contributed by atoms with Gasteiger partial charge in [-0.1, -0.05) is 35.5 Å². The van der Waals surface area contributed by atoms with E-state index in [1.165, 1.54) is 0 Å². The second-order valence-corrected chi connectivity index (χ2v) is 6.43. The van der Waals surface area contributed by atoms with Crippen molar-refractivity contribution >= 4 is 5.91 Å². The van der Waals surface area contributed by atoms with Gasteiger partial charge in [0.1, 0.15) is 0 Å². The topological polar surface area (TPSA) is 86.5 Å². The second-order valence-electron chi connectivity index (χ2n) is 6.43. The highest BCUT2D eigenvalue weighted by Crippen LogP contribution is 2.31. The summed E-state index contributed by atoms with van der Waals surface area (Å²) < 4.78 is 16.2. The van der Waals surface area contributed by atoms with Crippen molar-refractivity contribution in [2.45, 2.75) is 32.7 Å². The molecule has 0 atom stereocenters. The maximum atomic E-state index is 12.0. The molecule has 0 radical (unpaired) electrons. The zero-order valence-electron chi connectivity index (χ0n) is 16.7. The molecule has 7 nitrogen and oxygen atoms in total. The molecule has 0 unspecified atom stereocenters. The van der Waals surface area contributed by atoms with E-state index in [1.807, 2.05) is 55.5 Å². The summed E-state index contributed by atoms with van der Waals surface area (Å²) in [4.78, 5) is 16.4. The predicted octanol–water partition coefficient (Wildman–Crippen LogP) is 3.78. The number of nitrogens with zero attached hydrogens (tertiary/aromatic N) is 2. The highest BCUT2D eigenvalue weighted by molar-refractivity contribution is 5.75. The minimum absolute atomic E-state index is 0.00448. The maximum absolute atomic E-state index is 12.0. The average Bonchev–Trinajstić information content (AvgIpc) is 3.22. The Morgan fingerprint density at radius 1 is 1.14 bits per heavy atom. The lowest BCUT2D eigenvalue weighted by atomic mass is 10.2. The molecule has 2 aromatic carbocycles. The second kappa shape index (κ2) is 10.3. The van der Waals surface area contributed by atoms with Crippen LogP contribution in [0, 0.1) is 0 Å². The third-order valence-electron chi connectivity index (χ3n) is 4.32. The van der Waals surface area contributed by atoms with Gasteiger partial charge in [0.05, 0.1) is 13.7 Å². The third kappa shape index (κ3) is 5.81. The summed E-state index contributed by atoms with van der Waals surface area (Å²) in [7, 11) is 1.59. The van der Waals surface area contributed by atoms with Crippen LogP contribution < -0.4 is 14.8 Å². The molecular formula is C22H25N3O4. The third-order valence-corrected chi connectivity index (χ3v) is 4.32. The van der Waals surface area contributed by atoms with Gasteiger partial charge in [0.25, 0.3) is 0 Å². The van der Waals surface area contributed by atoms with Crippen LogP contribution in [0.2, 0.25) is 0 Å². The van der Waals surface area contributed by atoms with Crippen LogP contribution in [0.25, 0.3) is 11.4 Å². The minimum Gasteiger partial charge on any atom is -0.493 e. The Labute approximate surface area is 170 Å². The van der Waals surface area contributed by atoms with Gasteiger partial charge in [0.15, 0.2) is 11.5 Å². The molecule has 0 saturated heterocycles. The fourth-order valence-electron chi connectivity index (χ4n) is 2.84. The smallest absolute Gasteiger partial charge is 0.226 e. The first-order chi connectivity index (χ1) is 14.2. The van der Waals surface area contributed by atoms with Gasteiger partial charge in [0, 0.05) is 24.9 Å². The zero-order valence-corrected chi connectivity index (χ0v) is 16.7.